The predicted molar refractivity (Wildman–Crippen MR) is 141 cm³/mol. The van der Waals surface area contributed by atoms with E-state index < -0.39 is 35.6 Å². The number of hydrogen-bond donors (Lipinski definition) is 1. The van der Waals surface area contributed by atoms with Gasteiger partial charge in [-0.05, 0) is 38.5 Å². The Kier molecular flexibility index (Phi) is 14.3. The van der Waals surface area contributed by atoms with Gasteiger partial charge in [-0.2, -0.15) is 0 Å². The van der Waals surface area contributed by atoms with Gasteiger partial charge in [-0.3, -0.25) is 9.63 Å². The number of nitrogens with zero attached hydrogens (tertiary/aromatic N) is 1. The number of aliphatic hydroxyl groups is 1. The fourth-order valence-electron chi connectivity index (χ4n) is 4.84. The summed E-state index contributed by atoms with van der Waals surface area (Å²) < 4.78 is 31.7. The first-order chi connectivity index (χ1) is 17.9. The maximum Gasteiger partial charge on any atom is 0.257 e. The smallest absolute Gasteiger partial charge is 0.257 e. The molecule has 0 radical (unpaired) electrons. The number of hydrogen-bond acceptors (Lipinski definition) is 8. The number of carbonyl (C=O) groups is 1. The molecule has 9 nitrogen and oxygen atoms in total. The van der Waals surface area contributed by atoms with Crippen LogP contribution in [-0.2, 0) is 33.3 Å². The van der Waals surface area contributed by atoms with Crippen molar-refractivity contribution in [3.8, 4) is 0 Å². The molecule has 0 unspecified atom stereocenters. The summed E-state index contributed by atoms with van der Waals surface area (Å²) >= 11 is 0. The van der Waals surface area contributed by atoms with Gasteiger partial charge in [0.2, 0.25) is 5.79 Å². The van der Waals surface area contributed by atoms with Crippen molar-refractivity contribution in [2.75, 3.05) is 47.2 Å². The first-order valence-corrected chi connectivity index (χ1v) is 14.5. The molecule has 1 heterocycles. The van der Waals surface area contributed by atoms with E-state index in [-0.39, 0.29) is 12.5 Å². The number of amides is 1. The summed E-state index contributed by atoms with van der Waals surface area (Å²) in [5.41, 5.74) is -1.18. The molecule has 1 aliphatic heterocycles. The van der Waals surface area contributed by atoms with Gasteiger partial charge in [-0.25, -0.2) is 5.06 Å². The molecule has 0 aromatic carbocycles. The van der Waals surface area contributed by atoms with Crippen LogP contribution in [0.15, 0.2) is 0 Å². The molecule has 1 aliphatic carbocycles. The molecule has 0 aromatic heterocycles. The number of hydroxylamine groups is 2. The van der Waals surface area contributed by atoms with E-state index in [0.717, 1.165) is 51.4 Å². The van der Waals surface area contributed by atoms with Crippen LogP contribution in [0.25, 0.3) is 0 Å². The summed E-state index contributed by atoms with van der Waals surface area (Å²) in [6.07, 6.45) is 5.75. The minimum absolute atomic E-state index is 0.235. The average molecular weight is 532 g/mol. The fourth-order valence-corrected chi connectivity index (χ4v) is 4.84. The van der Waals surface area contributed by atoms with E-state index >= 15 is 0 Å². The van der Waals surface area contributed by atoms with E-state index in [1.165, 1.54) is 12.2 Å². The standard InChI is InChI=1S/C28H53NO8/c1-7-11-17-33-21-22-23(34-18-12-8-2)24(35-19-13-9-3)25(36-20-14-10-4)28(31,37-22)27(15-16-27)26(30)29(5)32-6/h22-25,31H,7-21H2,1-6H3/t22-,23+,24+,25-,28-/m1/s1. The number of carbonyl (C=O) groups excluding carboxylic acids is 1. The summed E-state index contributed by atoms with van der Waals surface area (Å²) in [5, 5.41) is 13.6. The molecule has 0 aromatic rings. The normalized spacial score (nSPS) is 28.8. The van der Waals surface area contributed by atoms with Gasteiger partial charge in [0.25, 0.3) is 5.91 Å². The largest absolute Gasteiger partial charge is 0.379 e. The van der Waals surface area contributed by atoms with Crippen molar-refractivity contribution in [1.29, 1.82) is 0 Å². The van der Waals surface area contributed by atoms with Gasteiger partial charge in [0.15, 0.2) is 0 Å². The van der Waals surface area contributed by atoms with E-state index in [2.05, 4.69) is 27.7 Å². The van der Waals surface area contributed by atoms with Crippen LogP contribution in [-0.4, -0.2) is 93.5 Å². The summed E-state index contributed by atoms with van der Waals surface area (Å²) in [6.45, 7) is 10.7. The SMILES string of the molecule is CCCCOC[C@H]1O[C@@](O)(C2(C(=O)N(C)OC)CC2)[C@H](OCCCC)[C@@H](OCCCC)[C@H]1OCCCC. The molecule has 2 rings (SSSR count). The summed E-state index contributed by atoms with van der Waals surface area (Å²) in [5.74, 6) is -2.24. The van der Waals surface area contributed by atoms with E-state index in [9.17, 15) is 9.90 Å². The Labute approximate surface area is 224 Å². The van der Waals surface area contributed by atoms with Crippen LogP contribution in [0.2, 0.25) is 0 Å². The molecule has 5 atom stereocenters. The summed E-state index contributed by atoms with van der Waals surface area (Å²) in [7, 11) is 2.99. The molecular formula is C28H53NO8. The van der Waals surface area contributed by atoms with Crippen LogP contribution in [0.3, 0.4) is 0 Å². The lowest BCUT2D eigenvalue weighted by molar-refractivity contribution is -0.386. The van der Waals surface area contributed by atoms with Crippen molar-refractivity contribution < 1.29 is 38.4 Å². The molecule has 37 heavy (non-hydrogen) atoms. The van der Waals surface area contributed by atoms with Crippen LogP contribution >= 0.6 is 0 Å². The first kappa shape index (κ1) is 32.4. The minimum atomic E-state index is -1.91. The Morgan fingerprint density at radius 2 is 1.38 bits per heavy atom. The van der Waals surface area contributed by atoms with Crippen molar-refractivity contribution in [3.63, 3.8) is 0 Å². The van der Waals surface area contributed by atoms with E-state index in [4.69, 9.17) is 28.5 Å². The van der Waals surface area contributed by atoms with Gasteiger partial charge in [-0.15, -0.1) is 0 Å². The average Bonchev–Trinajstić information content (AvgIpc) is 3.71. The second-order valence-electron chi connectivity index (χ2n) is 10.4. The van der Waals surface area contributed by atoms with Crippen molar-refractivity contribution >= 4 is 5.91 Å². The molecule has 2 fully saturated rings. The second-order valence-corrected chi connectivity index (χ2v) is 10.4. The molecular weight excluding hydrogens is 478 g/mol. The van der Waals surface area contributed by atoms with Gasteiger partial charge in [0.1, 0.15) is 29.8 Å². The maximum atomic E-state index is 13.5. The quantitative estimate of drug-likeness (QED) is 0.184. The lowest BCUT2D eigenvalue weighted by atomic mass is 9.81. The van der Waals surface area contributed by atoms with Crippen molar-refractivity contribution in [2.24, 2.45) is 5.41 Å². The van der Waals surface area contributed by atoms with Crippen LogP contribution in [0.5, 0.6) is 0 Å². The Morgan fingerprint density at radius 1 is 0.865 bits per heavy atom. The minimum Gasteiger partial charge on any atom is -0.379 e. The van der Waals surface area contributed by atoms with Crippen LogP contribution < -0.4 is 0 Å². The van der Waals surface area contributed by atoms with Gasteiger partial charge in [0.05, 0.1) is 13.7 Å². The van der Waals surface area contributed by atoms with Crippen molar-refractivity contribution in [1.82, 2.24) is 5.06 Å². The summed E-state index contributed by atoms with van der Waals surface area (Å²) in [6, 6.07) is 0. The van der Waals surface area contributed by atoms with E-state index in [1.807, 2.05) is 0 Å². The monoisotopic (exact) mass is 531 g/mol. The number of ether oxygens (including phenoxy) is 5. The van der Waals surface area contributed by atoms with Crippen LogP contribution in [0.1, 0.15) is 91.9 Å². The molecule has 2 aliphatic rings. The maximum absolute atomic E-state index is 13.5. The van der Waals surface area contributed by atoms with Gasteiger partial charge in [0, 0.05) is 33.5 Å². The molecule has 1 amide bonds. The summed E-state index contributed by atoms with van der Waals surface area (Å²) in [4.78, 5) is 18.7. The fraction of sp³-hybridized carbons (Fsp3) is 0.964. The van der Waals surface area contributed by atoms with Crippen molar-refractivity contribution in [2.45, 2.75) is 122 Å². The molecule has 218 valence electrons. The second kappa shape index (κ2) is 16.3. The highest BCUT2D eigenvalue weighted by Gasteiger charge is 2.74. The first-order valence-electron chi connectivity index (χ1n) is 14.5. The Bertz CT molecular complexity index is 646. The highest BCUT2D eigenvalue weighted by molar-refractivity contribution is 5.85. The zero-order valence-electron chi connectivity index (χ0n) is 24.2. The molecule has 1 saturated heterocycles. The van der Waals surface area contributed by atoms with Gasteiger partial charge < -0.3 is 28.8 Å². The van der Waals surface area contributed by atoms with Crippen LogP contribution in [0, 0.1) is 5.41 Å². The van der Waals surface area contributed by atoms with Gasteiger partial charge >= 0.3 is 0 Å². The van der Waals surface area contributed by atoms with E-state index in [0.29, 0.717) is 39.3 Å². The molecule has 1 saturated carbocycles. The number of unbranched alkanes of at least 4 members (excludes halogenated alkanes) is 4. The third-order valence-electron chi connectivity index (χ3n) is 7.45. The predicted octanol–water partition coefficient (Wildman–Crippen LogP) is 4.25. The topological polar surface area (TPSA) is 95.9 Å². The third kappa shape index (κ3) is 8.10. The molecule has 0 bridgehead atoms. The Balaban J connectivity index is 2.48. The zero-order chi connectivity index (χ0) is 27.3. The molecule has 0 spiro atoms. The Hall–Kier alpha value is -0.810. The lowest BCUT2D eigenvalue weighted by Crippen LogP contribution is -2.72. The number of rotatable bonds is 20. The molecule has 9 heteroatoms. The highest BCUT2D eigenvalue weighted by Crippen LogP contribution is 2.60. The van der Waals surface area contributed by atoms with Crippen LogP contribution in [0.4, 0.5) is 0 Å². The van der Waals surface area contributed by atoms with Crippen molar-refractivity contribution in [3.05, 3.63) is 0 Å². The highest BCUT2D eigenvalue weighted by atomic mass is 16.7. The third-order valence-corrected chi connectivity index (χ3v) is 7.45. The Morgan fingerprint density at radius 3 is 1.89 bits per heavy atom. The molecule has 1 N–H and O–H groups in total. The lowest BCUT2D eigenvalue weighted by Gasteiger charge is -2.53. The van der Waals surface area contributed by atoms with Gasteiger partial charge in [-0.1, -0.05) is 53.4 Å². The zero-order valence-corrected chi connectivity index (χ0v) is 24.2. The van der Waals surface area contributed by atoms with E-state index in [1.54, 1.807) is 7.05 Å².